The van der Waals surface area contributed by atoms with Crippen LogP contribution in [0.5, 0.6) is 0 Å². The summed E-state index contributed by atoms with van der Waals surface area (Å²) in [5.74, 6) is 0. The lowest BCUT2D eigenvalue weighted by Crippen LogP contribution is -2.46. The van der Waals surface area contributed by atoms with Gasteiger partial charge in [0.15, 0.2) is 0 Å². The molecule has 1 aliphatic rings. The van der Waals surface area contributed by atoms with Crippen LogP contribution in [0.2, 0.25) is 0 Å². The van der Waals surface area contributed by atoms with E-state index >= 15 is 0 Å². The topological polar surface area (TPSA) is 35.5 Å². The van der Waals surface area contributed by atoms with Crippen LogP contribution in [0.15, 0.2) is 24.3 Å². The van der Waals surface area contributed by atoms with Gasteiger partial charge in [-0.3, -0.25) is 4.90 Å². The van der Waals surface area contributed by atoms with Gasteiger partial charge in [-0.1, -0.05) is 12.1 Å². The van der Waals surface area contributed by atoms with Gasteiger partial charge in [-0.15, -0.1) is 0 Å². The Morgan fingerprint density at radius 2 is 1.88 bits per heavy atom. The number of hydrogen-bond donors (Lipinski definition) is 2. The molecule has 0 saturated carbocycles. The van der Waals surface area contributed by atoms with Crippen molar-refractivity contribution in [1.82, 2.24) is 10.2 Å². The van der Waals surface area contributed by atoms with Gasteiger partial charge in [0.25, 0.3) is 0 Å². The highest BCUT2D eigenvalue weighted by molar-refractivity contribution is 14.1. The van der Waals surface area contributed by atoms with Crippen molar-refractivity contribution in [3.8, 4) is 0 Å². The van der Waals surface area contributed by atoms with Crippen LogP contribution in [0.25, 0.3) is 0 Å². The second-order valence-corrected chi connectivity index (χ2v) is 5.28. The number of benzene rings is 1. The Morgan fingerprint density at radius 3 is 2.44 bits per heavy atom. The molecule has 1 fully saturated rings. The lowest BCUT2D eigenvalue weighted by Gasteiger charge is -2.34. The van der Waals surface area contributed by atoms with Crippen LogP contribution in [0.4, 0.5) is 0 Å². The molecule has 2 N–H and O–H groups in total. The van der Waals surface area contributed by atoms with Crippen LogP contribution >= 0.6 is 22.6 Å². The summed E-state index contributed by atoms with van der Waals surface area (Å²) < 4.78 is 1.23. The van der Waals surface area contributed by atoms with E-state index in [1.165, 1.54) is 9.13 Å². The quantitative estimate of drug-likeness (QED) is 0.818. The molecule has 1 aromatic carbocycles. The summed E-state index contributed by atoms with van der Waals surface area (Å²) in [4.78, 5) is 2.35. The Hall–Kier alpha value is -0.170. The van der Waals surface area contributed by atoms with Crippen LogP contribution in [-0.2, 0) is 0 Å². The smallest absolute Gasteiger partial charge is 0.0628 e. The Kier molecular flexibility index (Phi) is 4.57. The molecule has 4 heteroatoms. The van der Waals surface area contributed by atoms with Gasteiger partial charge in [0.1, 0.15) is 0 Å². The van der Waals surface area contributed by atoms with Crippen molar-refractivity contribution >= 4 is 22.6 Å². The Labute approximate surface area is 110 Å². The van der Waals surface area contributed by atoms with E-state index in [0.29, 0.717) is 0 Å². The van der Waals surface area contributed by atoms with Crippen LogP contribution < -0.4 is 5.32 Å². The number of rotatable bonds is 3. The van der Waals surface area contributed by atoms with Gasteiger partial charge < -0.3 is 10.4 Å². The molecular formula is C12H17IN2O. The van der Waals surface area contributed by atoms with Gasteiger partial charge in [-0.25, -0.2) is 0 Å². The predicted molar refractivity (Wildman–Crippen MR) is 73.4 cm³/mol. The number of nitrogens with zero attached hydrogens (tertiary/aromatic N) is 1. The lowest BCUT2D eigenvalue weighted by molar-refractivity contribution is 0.111. The summed E-state index contributed by atoms with van der Waals surface area (Å²) in [5.41, 5.74) is 1.21. The third-order valence-corrected chi connectivity index (χ3v) is 3.74. The molecule has 0 amide bonds. The zero-order valence-electron chi connectivity index (χ0n) is 9.19. The third-order valence-electron chi connectivity index (χ3n) is 3.02. The first-order valence-corrected chi connectivity index (χ1v) is 6.70. The molecule has 0 bridgehead atoms. The van der Waals surface area contributed by atoms with Crippen molar-refractivity contribution < 1.29 is 5.11 Å². The molecule has 1 atom stereocenters. The van der Waals surface area contributed by atoms with Gasteiger partial charge in [0, 0.05) is 29.7 Å². The zero-order chi connectivity index (χ0) is 11.4. The van der Waals surface area contributed by atoms with E-state index in [4.69, 9.17) is 0 Å². The lowest BCUT2D eigenvalue weighted by atomic mass is 10.1. The first-order valence-electron chi connectivity index (χ1n) is 5.62. The third kappa shape index (κ3) is 2.94. The van der Waals surface area contributed by atoms with E-state index in [1.54, 1.807) is 0 Å². The van der Waals surface area contributed by atoms with Crippen LogP contribution in [-0.4, -0.2) is 42.8 Å². The molecule has 0 unspecified atom stereocenters. The minimum Gasteiger partial charge on any atom is -0.394 e. The minimum absolute atomic E-state index is 0.152. The Bertz CT molecular complexity index is 322. The average Bonchev–Trinajstić information content (AvgIpc) is 2.34. The highest BCUT2D eigenvalue weighted by Crippen LogP contribution is 2.21. The fraction of sp³-hybridized carbons (Fsp3) is 0.500. The molecule has 2 rings (SSSR count). The molecule has 16 heavy (non-hydrogen) atoms. The maximum absolute atomic E-state index is 9.54. The summed E-state index contributed by atoms with van der Waals surface area (Å²) in [6.45, 7) is 4.25. The molecule has 88 valence electrons. The van der Waals surface area contributed by atoms with Gasteiger partial charge in [0.05, 0.1) is 12.6 Å². The predicted octanol–water partition coefficient (Wildman–Crippen LogP) is 1.23. The number of aliphatic hydroxyl groups excluding tert-OH is 1. The fourth-order valence-corrected chi connectivity index (χ4v) is 2.47. The van der Waals surface area contributed by atoms with Crippen LogP contribution in [0, 0.1) is 3.57 Å². The van der Waals surface area contributed by atoms with Crippen molar-refractivity contribution in [1.29, 1.82) is 0 Å². The van der Waals surface area contributed by atoms with Gasteiger partial charge in [0.2, 0.25) is 0 Å². The highest BCUT2D eigenvalue weighted by Gasteiger charge is 2.20. The molecular weight excluding hydrogens is 315 g/mol. The summed E-state index contributed by atoms with van der Waals surface area (Å²) >= 11 is 2.30. The number of aliphatic hydroxyl groups is 1. The second kappa shape index (κ2) is 5.95. The molecule has 0 aliphatic carbocycles. The average molecular weight is 332 g/mol. The molecule has 0 aromatic heterocycles. The van der Waals surface area contributed by atoms with Crippen LogP contribution in [0.3, 0.4) is 0 Å². The van der Waals surface area contributed by atoms with E-state index in [-0.39, 0.29) is 12.6 Å². The highest BCUT2D eigenvalue weighted by atomic mass is 127. The molecule has 1 aromatic rings. The van der Waals surface area contributed by atoms with Crippen molar-refractivity contribution in [2.24, 2.45) is 0 Å². The van der Waals surface area contributed by atoms with E-state index in [9.17, 15) is 5.11 Å². The zero-order valence-corrected chi connectivity index (χ0v) is 11.4. The van der Waals surface area contributed by atoms with Crippen molar-refractivity contribution in [2.75, 3.05) is 32.8 Å². The summed E-state index contributed by atoms with van der Waals surface area (Å²) in [6, 6.07) is 8.58. The largest absolute Gasteiger partial charge is 0.394 e. The Morgan fingerprint density at radius 1 is 1.25 bits per heavy atom. The maximum atomic E-state index is 9.54. The van der Waals surface area contributed by atoms with E-state index in [2.05, 4.69) is 57.1 Å². The van der Waals surface area contributed by atoms with E-state index < -0.39 is 0 Å². The normalized spacial score (nSPS) is 19.6. The van der Waals surface area contributed by atoms with Crippen molar-refractivity contribution in [3.05, 3.63) is 33.4 Å². The van der Waals surface area contributed by atoms with E-state index in [0.717, 1.165) is 26.2 Å². The fourth-order valence-electron chi connectivity index (χ4n) is 2.11. The maximum Gasteiger partial charge on any atom is 0.0628 e. The summed E-state index contributed by atoms with van der Waals surface area (Å²) in [5, 5.41) is 12.9. The first kappa shape index (κ1) is 12.3. The first-order chi connectivity index (χ1) is 7.81. The molecule has 0 radical (unpaired) electrons. The summed E-state index contributed by atoms with van der Waals surface area (Å²) in [7, 11) is 0. The number of hydrogen-bond acceptors (Lipinski definition) is 3. The van der Waals surface area contributed by atoms with Crippen molar-refractivity contribution in [3.63, 3.8) is 0 Å². The SMILES string of the molecule is OC[C@H](c1ccc(I)cc1)N1CCNCC1. The molecule has 1 aliphatic heterocycles. The number of piperazine rings is 1. The Balaban J connectivity index is 2.11. The standard InChI is InChI=1S/C12H17IN2O/c13-11-3-1-10(2-4-11)12(9-16)15-7-5-14-6-8-15/h1-4,12,14,16H,5-9H2/t12-/m1/s1. The van der Waals surface area contributed by atoms with E-state index in [1.807, 2.05) is 0 Å². The van der Waals surface area contributed by atoms with Crippen LogP contribution in [0.1, 0.15) is 11.6 Å². The van der Waals surface area contributed by atoms with Gasteiger partial charge >= 0.3 is 0 Å². The van der Waals surface area contributed by atoms with Gasteiger partial charge in [-0.05, 0) is 40.3 Å². The minimum atomic E-state index is 0.152. The second-order valence-electron chi connectivity index (χ2n) is 4.04. The monoisotopic (exact) mass is 332 g/mol. The molecule has 1 heterocycles. The summed E-state index contributed by atoms with van der Waals surface area (Å²) in [6.07, 6.45) is 0. The number of nitrogens with one attached hydrogen (secondary N) is 1. The molecule has 3 nitrogen and oxygen atoms in total. The van der Waals surface area contributed by atoms with Crippen molar-refractivity contribution in [2.45, 2.75) is 6.04 Å². The number of halogens is 1. The molecule has 0 spiro atoms. The molecule has 1 saturated heterocycles. The van der Waals surface area contributed by atoms with Gasteiger partial charge in [-0.2, -0.15) is 0 Å².